The fraction of sp³-hybridized carbons (Fsp3) is 0.158. The molecule has 0 unspecified atom stereocenters. The van der Waals surface area contributed by atoms with Crippen molar-refractivity contribution in [2.24, 2.45) is 0 Å². The normalized spacial score (nSPS) is 10.6. The summed E-state index contributed by atoms with van der Waals surface area (Å²) in [6.07, 6.45) is 0. The molecule has 2 aromatic carbocycles. The molecule has 0 aliphatic carbocycles. The Bertz CT molecular complexity index is 867. The Morgan fingerprint density at radius 3 is 2.58 bits per heavy atom. The number of aliphatic hydroxyl groups excluding tert-OH is 1. The first-order valence-corrected chi connectivity index (χ1v) is 7.71. The zero-order valence-corrected chi connectivity index (χ0v) is 13.6. The minimum Gasteiger partial charge on any atom is -0.392 e. The van der Waals surface area contributed by atoms with Crippen LogP contribution in [0.25, 0.3) is 11.3 Å². The van der Waals surface area contributed by atoms with E-state index in [9.17, 15) is 9.90 Å². The second-order valence-corrected chi connectivity index (χ2v) is 5.79. The van der Waals surface area contributed by atoms with E-state index in [2.05, 4.69) is 15.5 Å². The molecule has 1 amide bonds. The number of hydrogen-bond donors (Lipinski definition) is 3. The second-order valence-electron chi connectivity index (χ2n) is 5.79. The lowest BCUT2D eigenvalue weighted by Gasteiger charge is -2.08. The maximum Gasteiger partial charge on any atom is 0.273 e. The summed E-state index contributed by atoms with van der Waals surface area (Å²) in [4.78, 5) is 12.4. The number of anilines is 1. The average Bonchev–Trinajstić information content (AvgIpc) is 3.07. The summed E-state index contributed by atoms with van der Waals surface area (Å²) in [5.41, 5.74) is 5.60. The van der Waals surface area contributed by atoms with Crippen LogP contribution >= 0.6 is 0 Å². The highest BCUT2D eigenvalue weighted by Gasteiger charge is 2.12. The second kappa shape index (κ2) is 6.68. The van der Waals surface area contributed by atoms with Gasteiger partial charge in [-0.05, 0) is 37.1 Å². The van der Waals surface area contributed by atoms with Crippen LogP contribution in [0.2, 0.25) is 0 Å². The molecule has 0 fully saturated rings. The van der Waals surface area contributed by atoms with Gasteiger partial charge in [0.05, 0.1) is 12.3 Å². The predicted octanol–water partition coefficient (Wildman–Crippen LogP) is 3.44. The number of rotatable bonds is 4. The molecule has 3 aromatic rings. The summed E-state index contributed by atoms with van der Waals surface area (Å²) in [6, 6.07) is 15.2. The largest absolute Gasteiger partial charge is 0.392 e. The van der Waals surface area contributed by atoms with E-state index in [1.165, 1.54) is 5.56 Å². The summed E-state index contributed by atoms with van der Waals surface area (Å²) in [7, 11) is 0. The Kier molecular flexibility index (Phi) is 4.44. The monoisotopic (exact) mass is 321 g/mol. The molecule has 24 heavy (non-hydrogen) atoms. The van der Waals surface area contributed by atoms with Crippen LogP contribution in [0.1, 0.15) is 27.2 Å². The first-order valence-electron chi connectivity index (χ1n) is 7.71. The Hall–Kier alpha value is -2.92. The molecule has 0 bridgehead atoms. The number of amides is 1. The lowest BCUT2D eigenvalue weighted by molar-refractivity contribution is 0.102. The Morgan fingerprint density at radius 2 is 1.88 bits per heavy atom. The van der Waals surface area contributed by atoms with Crippen molar-refractivity contribution in [1.29, 1.82) is 0 Å². The van der Waals surface area contributed by atoms with Crippen molar-refractivity contribution in [3.05, 3.63) is 70.9 Å². The van der Waals surface area contributed by atoms with E-state index in [0.29, 0.717) is 11.4 Å². The lowest BCUT2D eigenvalue weighted by Crippen LogP contribution is -2.13. The average molecular weight is 321 g/mol. The molecule has 0 aliphatic heterocycles. The summed E-state index contributed by atoms with van der Waals surface area (Å²) in [5, 5.41) is 19.1. The molecule has 0 aliphatic rings. The molecule has 0 radical (unpaired) electrons. The fourth-order valence-corrected chi connectivity index (χ4v) is 2.40. The van der Waals surface area contributed by atoms with Crippen LogP contribution < -0.4 is 5.32 Å². The van der Waals surface area contributed by atoms with Crippen LogP contribution in [0.4, 0.5) is 5.69 Å². The summed E-state index contributed by atoms with van der Waals surface area (Å²) in [5.74, 6) is -0.265. The number of aromatic amines is 1. The molecule has 5 heteroatoms. The molecule has 0 atom stereocenters. The van der Waals surface area contributed by atoms with Crippen LogP contribution in [-0.4, -0.2) is 21.2 Å². The maximum atomic E-state index is 12.4. The van der Waals surface area contributed by atoms with Gasteiger partial charge >= 0.3 is 0 Å². The number of nitrogens with one attached hydrogen (secondary N) is 2. The third-order valence-corrected chi connectivity index (χ3v) is 3.90. The fourth-order valence-electron chi connectivity index (χ4n) is 2.40. The summed E-state index contributed by atoms with van der Waals surface area (Å²) < 4.78 is 0. The third-order valence-electron chi connectivity index (χ3n) is 3.90. The van der Waals surface area contributed by atoms with Gasteiger partial charge in [0.25, 0.3) is 5.91 Å². The molecule has 1 heterocycles. The van der Waals surface area contributed by atoms with Crippen LogP contribution in [-0.2, 0) is 6.61 Å². The third kappa shape index (κ3) is 3.36. The van der Waals surface area contributed by atoms with Crippen LogP contribution in [0.5, 0.6) is 0 Å². The number of nitrogens with zero attached hydrogens (tertiary/aromatic N) is 1. The van der Waals surface area contributed by atoms with Crippen molar-refractivity contribution in [3.63, 3.8) is 0 Å². The highest BCUT2D eigenvalue weighted by molar-refractivity contribution is 6.03. The molecule has 0 spiro atoms. The first kappa shape index (κ1) is 16.0. The highest BCUT2D eigenvalue weighted by atomic mass is 16.3. The predicted molar refractivity (Wildman–Crippen MR) is 93.8 cm³/mol. The quantitative estimate of drug-likeness (QED) is 0.689. The van der Waals surface area contributed by atoms with Gasteiger partial charge in [-0.2, -0.15) is 5.10 Å². The van der Waals surface area contributed by atoms with Crippen molar-refractivity contribution in [2.75, 3.05) is 5.32 Å². The molecule has 5 nitrogen and oxygen atoms in total. The van der Waals surface area contributed by atoms with E-state index in [1.807, 2.05) is 50.2 Å². The number of H-pyrrole nitrogens is 1. The number of aromatic nitrogens is 2. The van der Waals surface area contributed by atoms with Crippen LogP contribution in [0, 0.1) is 13.8 Å². The smallest absolute Gasteiger partial charge is 0.273 e. The zero-order chi connectivity index (χ0) is 17.1. The Morgan fingerprint density at radius 1 is 1.12 bits per heavy atom. The van der Waals surface area contributed by atoms with Crippen molar-refractivity contribution in [3.8, 4) is 11.3 Å². The van der Waals surface area contributed by atoms with Gasteiger partial charge in [0, 0.05) is 11.3 Å². The molecule has 1 aromatic heterocycles. The number of carbonyl (C=O) groups is 1. The van der Waals surface area contributed by atoms with Crippen molar-refractivity contribution in [2.45, 2.75) is 20.5 Å². The first-order chi connectivity index (χ1) is 11.6. The van der Waals surface area contributed by atoms with Gasteiger partial charge in [0.2, 0.25) is 0 Å². The van der Waals surface area contributed by atoms with E-state index >= 15 is 0 Å². The van der Waals surface area contributed by atoms with E-state index in [1.54, 1.807) is 12.1 Å². The SMILES string of the molecule is Cc1ccc(-c2cc(C(=O)Nc3cc(CO)ccc3C)[nH]n2)cc1. The molecule has 3 N–H and O–H groups in total. The number of benzene rings is 2. The highest BCUT2D eigenvalue weighted by Crippen LogP contribution is 2.20. The number of hydrogen-bond acceptors (Lipinski definition) is 3. The van der Waals surface area contributed by atoms with Gasteiger partial charge in [-0.1, -0.05) is 42.0 Å². The van der Waals surface area contributed by atoms with Crippen molar-refractivity contribution in [1.82, 2.24) is 10.2 Å². The van der Waals surface area contributed by atoms with Gasteiger partial charge in [-0.3, -0.25) is 9.89 Å². The molecular formula is C19H19N3O2. The number of aryl methyl sites for hydroxylation is 2. The van der Waals surface area contributed by atoms with Crippen molar-refractivity contribution >= 4 is 11.6 Å². The Balaban J connectivity index is 1.80. The maximum absolute atomic E-state index is 12.4. The molecule has 0 saturated carbocycles. The summed E-state index contributed by atoms with van der Waals surface area (Å²) >= 11 is 0. The topological polar surface area (TPSA) is 78.0 Å². The minimum absolute atomic E-state index is 0.0647. The van der Waals surface area contributed by atoms with Crippen LogP contribution in [0.15, 0.2) is 48.5 Å². The van der Waals surface area contributed by atoms with Gasteiger partial charge in [0.1, 0.15) is 5.69 Å². The van der Waals surface area contributed by atoms with E-state index in [4.69, 9.17) is 0 Å². The zero-order valence-electron chi connectivity index (χ0n) is 13.6. The number of aliphatic hydroxyl groups is 1. The van der Waals surface area contributed by atoms with Gasteiger partial charge in [0.15, 0.2) is 0 Å². The minimum atomic E-state index is -0.265. The molecule has 0 saturated heterocycles. The summed E-state index contributed by atoms with van der Waals surface area (Å²) in [6.45, 7) is 3.86. The van der Waals surface area contributed by atoms with E-state index in [-0.39, 0.29) is 12.5 Å². The van der Waals surface area contributed by atoms with Crippen LogP contribution in [0.3, 0.4) is 0 Å². The lowest BCUT2D eigenvalue weighted by atomic mass is 10.1. The Labute approximate surface area is 140 Å². The standard InChI is InChI=1S/C19H19N3O2/c1-12-3-7-15(8-4-12)17-10-18(22-21-17)19(24)20-16-9-14(11-23)6-5-13(16)2/h3-10,23H,11H2,1-2H3,(H,20,24)(H,21,22). The van der Waals surface area contributed by atoms with Gasteiger partial charge in [-0.25, -0.2) is 0 Å². The molecular weight excluding hydrogens is 302 g/mol. The molecule has 122 valence electrons. The van der Waals surface area contributed by atoms with E-state index < -0.39 is 0 Å². The van der Waals surface area contributed by atoms with Crippen molar-refractivity contribution < 1.29 is 9.90 Å². The van der Waals surface area contributed by atoms with Gasteiger partial charge in [-0.15, -0.1) is 0 Å². The van der Waals surface area contributed by atoms with E-state index in [0.717, 1.165) is 22.4 Å². The molecule has 3 rings (SSSR count). The van der Waals surface area contributed by atoms with Gasteiger partial charge < -0.3 is 10.4 Å². The number of carbonyl (C=O) groups excluding carboxylic acids is 1.